The van der Waals surface area contributed by atoms with Gasteiger partial charge in [0, 0.05) is 59.1 Å². The number of nitrogens with one attached hydrogen (secondary N) is 2. The van der Waals surface area contributed by atoms with Gasteiger partial charge in [0.1, 0.15) is 5.82 Å². The van der Waals surface area contributed by atoms with Gasteiger partial charge < -0.3 is 20.4 Å². The smallest absolute Gasteiger partial charge is 0.309 e. The lowest BCUT2D eigenvalue weighted by Crippen LogP contribution is -2.49. The first-order valence-corrected chi connectivity index (χ1v) is 10.8. The maximum absolute atomic E-state index is 13.0. The molecule has 0 aromatic heterocycles. The number of hydrogen-bond donors (Lipinski definition) is 2. The summed E-state index contributed by atoms with van der Waals surface area (Å²) in [5, 5.41) is 5.38. The van der Waals surface area contributed by atoms with E-state index in [2.05, 4.69) is 51.7 Å². The number of halogens is 1. The fourth-order valence-corrected chi connectivity index (χ4v) is 3.72. The summed E-state index contributed by atoms with van der Waals surface area (Å²) < 4.78 is 13.0. The van der Waals surface area contributed by atoms with Gasteiger partial charge in [-0.15, -0.1) is 0 Å². The monoisotopic (exact) mass is 441 g/mol. The van der Waals surface area contributed by atoms with Gasteiger partial charge in [-0.3, -0.25) is 14.5 Å². The second kappa shape index (κ2) is 11.1. The summed E-state index contributed by atoms with van der Waals surface area (Å²) in [5.74, 6) is -1.71. The Morgan fingerprint density at radius 3 is 2.12 bits per heavy atom. The first kappa shape index (κ1) is 23.7. The van der Waals surface area contributed by atoms with E-state index in [1.54, 1.807) is 12.1 Å². The van der Waals surface area contributed by atoms with Crippen molar-refractivity contribution in [2.75, 3.05) is 58.8 Å². The summed E-state index contributed by atoms with van der Waals surface area (Å²) in [4.78, 5) is 31.3. The molecule has 0 aliphatic carbocycles. The van der Waals surface area contributed by atoms with Gasteiger partial charge in [-0.05, 0) is 42.4 Å². The Labute approximate surface area is 189 Å². The van der Waals surface area contributed by atoms with Gasteiger partial charge >= 0.3 is 11.8 Å². The van der Waals surface area contributed by atoms with Crippen molar-refractivity contribution in [3.05, 3.63) is 65.5 Å². The van der Waals surface area contributed by atoms with E-state index < -0.39 is 11.8 Å². The van der Waals surface area contributed by atoms with Crippen LogP contribution in [0.3, 0.4) is 0 Å². The average molecular weight is 442 g/mol. The van der Waals surface area contributed by atoms with Crippen molar-refractivity contribution in [3.63, 3.8) is 0 Å². The Balaban J connectivity index is 1.61. The van der Waals surface area contributed by atoms with Crippen LogP contribution in [0.2, 0.25) is 0 Å². The minimum Gasteiger partial charge on any atom is -0.378 e. The Bertz CT molecular complexity index is 894. The fourth-order valence-electron chi connectivity index (χ4n) is 3.72. The van der Waals surface area contributed by atoms with E-state index in [-0.39, 0.29) is 18.4 Å². The highest BCUT2D eigenvalue weighted by atomic mass is 19.1. The number of rotatable bonds is 7. The van der Waals surface area contributed by atoms with Crippen LogP contribution in [-0.2, 0) is 16.1 Å². The molecule has 1 fully saturated rings. The van der Waals surface area contributed by atoms with Crippen LogP contribution in [0.25, 0.3) is 0 Å². The van der Waals surface area contributed by atoms with E-state index in [0.29, 0.717) is 6.54 Å². The molecule has 172 valence electrons. The molecule has 7 nitrogen and oxygen atoms in total. The van der Waals surface area contributed by atoms with Crippen molar-refractivity contribution < 1.29 is 14.0 Å². The Morgan fingerprint density at radius 2 is 1.53 bits per heavy atom. The molecule has 0 spiro atoms. The molecule has 2 amide bonds. The highest BCUT2D eigenvalue weighted by Gasteiger charge is 2.25. The van der Waals surface area contributed by atoms with Gasteiger partial charge in [0.05, 0.1) is 6.04 Å². The molecule has 32 heavy (non-hydrogen) atoms. The van der Waals surface area contributed by atoms with Crippen LogP contribution in [0.4, 0.5) is 10.1 Å². The third-order valence-electron chi connectivity index (χ3n) is 5.80. The van der Waals surface area contributed by atoms with E-state index in [1.807, 2.05) is 19.0 Å². The van der Waals surface area contributed by atoms with Gasteiger partial charge in [-0.2, -0.15) is 0 Å². The molecule has 8 heteroatoms. The zero-order valence-electron chi connectivity index (χ0n) is 19.0. The predicted molar refractivity (Wildman–Crippen MR) is 124 cm³/mol. The van der Waals surface area contributed by atoms with E-state index >= 15 is 0 Å². The SMILES string of the molecule is CN1CCN([C@H](CNC(=O)C(=O)NCc2ccc(F)cc2)c2ccc(N(C)C)cc2)CC1. The van der Waals surface area contributed by atoms with Crippen molar-refractivity contribution in [1.29, 1.82) is 0 Å². The largest absolute Gasteiger partial charge is 0.378 e. The zero-order valence-corrected chi connectivity index (χ0v) is 19.0. The third-order valence-corrected chi connectivity index (χ3v) is 5.80. The maximum atomic E-state index is 13.0. The van der Waals surface area contributed by atoms with Crippen LogP contribution in [0.1, 0.15) is 17.2 Å². The summed E-state index contributed by atoms with van der Waals surface area (Å²) >= 11 is 0. The van der Waals surface area contributed by atoms with Gasteiger partial charge in [-0.1, -0.05) is 24.3 Å². The average Bonchev–Trinajstić information content (AvgIpc) is 2.80. The topological polar surface area (TPSA) is 67.9 Å². The molecule has 2 aromatic rings. The number of nitrogens with zero attached hydrogens (tertiary/aromatic N) is 3. The van der Waals surface area contributed by atoms with Gasteiger partial charge in [0.15, 0.2) is 0 Å². The van der Waals surface area contributed by atoms with Crippen molar-refractivity contribution in [1.82, 2.24) is 20.4 Å². The van der Waals surface area contributed by atoms with Crippen LogP contribution in [0.15, 0.2) is 48.5 Å². The lowest BCUT2D eigenvalue weighted by atomic mass is 10.0. The first-order valence-electron chi connectivity index (χ1n) is 10.8. The number of amides is 2. The number of anilines is 1. The van der Waals surface area contributed by atoms with Crippen molar-refractivity contribution in [3.8, 4) is 0 Å². The summed E-state index contributed by atoms with van der Waals surface area (Å²) in [7, 11) is 6.10. The molecule has 0 saturated carbocycles. The second-order valence-electron chi connectivity index (χ2n) is 8.36. The Kier molecular flexibility index (Phi) is 8.19. The molecule has 2 aromatic carbocycles. The van der Waals surface area contributed by atoms with Gasteiger partial charge in [0.25, 0.3) is 0 Å². The number of carbonyl (C=O) groups is 2. The molecule has 1 aliphatic rings. The molecule has 0 radical (unpaired) electrons. The molecule has 3 rings (SSSR count). The van der Waals surface area contributed by atoms with Crippen molar-refractivity contribution in [2.24, 2.45) is 0 Å². The number of likely N-dealkylation sites (N-methyl/N-ethyl adjacent to an activating group) is 1. The predicted octanol–water partition coefficient (Wildman–Crippen LogP) is 1.61. The molecular weight excluding hydrogens is 409 g/mol. The van der Waals surface area contributed by atoms with Crippen LogP contribution < -0.4 is 15.5 Å². The third kappa shape index (κ3) is 6.51. The summed E-state index contributed by atoms with van der Waals surface area (Å²) in [6, 6.07) is 14.1. The lowest BCUT2D eigenvalue weighted by molar-refractivity contribution is -0.139. The summed E-state index contributed by atoms with van der Waals surface area (Å²) in [6.45, 7) is 4.21. The highest BCUT2D eigenvalue weighted by Crippen LogP contribution is 2.24. The molecule has 2 N–H and O–H groups in total. The van der Waals surface area contributed by atoms with Gasteiger partial charge in [-0.25, -0.2) is 4.39 Å². The second-order valence-corrected chi connectivity index (χ2v) is 8.36. The fraction of sp³-hybridized carbons (Fsp3) is 0.417. The van der Waals surface area contributed by atoms with Crippen molar-refractivity contribution in [2.45, 2.75) is 12.6 Å². The number of piperazine rings is 1. The van der Waals surface area contributed by atoms with E-state index in [4.69, 9.17) is 0 Å². The molecule has 1 aliphatic heterocycles. The molecule has 0 unspecified atom stereocenters. The first-order chi connectivity index (χ1) is 15.3. The highest BCUT2D eigenvalue weighted by molar-refractivity contribution is 6.35. The normalized spacial score (nSPS) is 15.8. The van der Waals surface area contributed by atoms with Crippen molar-refractivity contribution >= 4 is 17.5 Å². The van der Waals surface area contributed by atoms with Crippen LogP contribution in [0.5, 0.6) is 0 Å². The minimum absolute atomic E-state index is 0.0197. The Morgan fingerprint density at radius 1 is 0.938 bits per heavy atom. The minimum atomic E-state index is -0.700. The van der Waals surface area contributed by atoms with Crippen LogP contribution in [-0.4, -0.2) is 75.5 Å². The molecule has 1 saturated heterocycles. The number of carbonyl (C=O) groups excluding carboxylic acids is 2. The van der Waals surface area contributed by atoms with E-state index in [0.717, 1.165) is 43.0 Å². The van der Waals surface area contributed by atoms with E-state index in [1.165, 1.54) is 12.1 Å². The van der Waals surface area contributed by atoms with Gasteiger partial charge in [0.2, 0.25) is 0 Å². The molecular formula is C24H32FN5O2. The quantitative estimate of drug-likeness (QED) is 0.639. The van der Waals surface area contributed by atoms with Crippen LogP contribution in [0, 0.1) is 5.82 Å². The lowest BCUT2D eigenvalue weighted by Gasteiger charge is -2.38. The van der Waals surface area contributed by atoms with E-state index in [9.17, 15) is 14.0 Å². The number of hydrogen-bond acceptors (Lipinski definition) is 5. The maximum Gasteiger partial charge on any atom is 0.309 e. The molecule has 1 atom stereocenters. The molecule has 1 heterocycles. The molecule has 0 bridgehead atoms. The zero-order chi connectivity index (χ0) is 23.1. The van der Waals surface area contributed by atoms with Crippen LogP contribution >= 0.6 is 0 Å². The summed E-state index contributed by atoms with van der Waals surface area (Å²) in [6.07, 6.45) is 0. The number of benzene rings is 2. The Hall–Kier alpha value is -2.97. The standard InChI is InChI=1S/C24H32FN5O2/c1-28(2)21-10-6-19(7-11-21)22(30-14-12-29(3)13-15-30)17-27-24(32)23(31)26-16-18-4-8-20(25)9-5-18/h4-11,22H,12-17H2,1-3H3,(H,26,31)(H,27,32)/t22-/m1/s1. The summed E-state index contributed by atoms with van der Waals surface area (Å²) in [5.41, 5.74) is 2.94.